The van der Waals surface area contributed by atoms with E-state index in [2.05, 4.69) is 15.0 Å². The van der Waals surface area contributed by atoms with Gasteiger partial charge in [0.1, 0.15) is 0 Å². The minimum absolute atomic E-state index is 0.0390. The van der Waals surface area contributed by atoms with Gasteiger partial charge in [-0.25, -0.2) is 4.98 Å². The van der Waals surface area contributed by atoms with E-state index >= 15 is 0 Å². The van der Waals surface area contributed by atoms with E-state index in [1.165, 1.54) is 12.1 Å². The second-order valence-corrected chi connectivity index (χ2v) is 5.94. The molecule has 0 bridgehead atoms. The molecule has 9 heteroatoms. The van der Waals surface area contributed by atoms with E-state index in [9.17, 15) is 22.8 Å². The lowest BCUT2D eigenvalue weighted by molar-refractivity contribution is -0.154. The topological polar surface area (TPSA) is 71.5 Å². The van der Waals surface area contributed by atoms with Crippen molar-refractivity contribution in [2.75, 3.05) is 23.4 Å². The van der Waals surface area contributed by atoms with Gasteiger partial charge in [0.15, 0.2) is 6.61 Å². The normalized spacial score (nSPS) is 14.3. The summed E-state index contributed by atoms with van der Waals surface area (Å²) in [5.74, 6) is -0.662. The number of nitrogens with one attached hydrogen (secondary N) is 1. The number of rotatable bonds is 5. The van der Waals surface area contributed by atoms with Crippen LogP contribution < -0.4 is 15.0 Å². The number of nitrogens with zero attached hydrogens (tertiary/aromatic N) is 2. The molecule has 2 amide bonds. The number of carbonyl (C=O) groups is 2. The maximum atomic E-state index is 12.3. The number of carbonyl (C=O) groups excluding carboxylic acids is 2. The summed E-state index contributed by atoms with van der Waals surface area (Å²) < 4.78 is 40.9. The first-order chi connectivity index (χ1) is 12.8. The number of halogens is 3. The van der Waals surface area contributed by atoms with Crippen LogP contribution >= 0.6 is 0 Å². The quantitative estimate of drug-likeness (QED) is 0.864. The summed E-state index contributed by atoms with van der Waals surface area (Å²) in [7, 11) is 0. The SMILES string of the molecule is O=C(Nc1cccc(N2CCCC2=O)c1)c1ccc(OCC(F)(F)F)nc1. The number of benzene rings is 1. The van der Waals surface area contributed by atoms with Crippen LogP contribution in [0.3, 0.4) is 0 Å². The number of hydrogen-bond acceptors (Lipinski definition) is 4. The first-order valence-corrected chi connectivity index (χ1v) is 8.19. The summed E-state index contributed by atoms with van der Waals surface area (Å²) in [4.78, 5) is 29.5. The van der Waals surface area contributed by atoms with Crippen molar-refractivity contribution in [2.45, 2.75) is 19.0 Å². The van der Waals surface area contributed by atoms with Gasteiger partial charge in [0.25, 0.3) is 5.91 Å². The number of hydrogen-bond donors (Lipinski definition) is 1. The molecule has 0 aliphatic carbocycles. The molecule has 1 aromatic carbocycles. The third-order valence-electron chi connectivity index (χ3n) is 3.87. The van der Waals surface area contributed by atoms with Gasteiger partial charge < -0.3 is 15.0 Å². The molecule has 1 N–H and O–H groups in total. The van der Waals surface area contributed by atoms with Crippen molar-refractivity contribution in [3.63, 3.8) is 0 Å². The molecule has 1 saturated heterocycles. The fourth-order valence-corrected chi connectivity index (χ4v) is 2.63. The van der Waals surface area contributed by atoms with Crippen LogP contribution in [0.2, 0.25) is 0 Å². The number of amides is 2. The summed E-state index contributed by atoms with van der Waals surface area (Å²) in [6.45, 7) is -0.812. The van der Waals surface area contributed by atoms with Gasteiger partial charge in [-0.15, -0.1) is 0 Å². The summed E-state index contributed by atoms with van der Waals surface area (Å²) >= 11 is 0. The highest BCUT2D eigenvalue weighted by atomic mass is 19.4. The number of aromatic nitrogens is 1. The van der Waals surface area contributed by atoms with Gasteiger partial charge in [-0.3, -0.25) is 9.59 Å². The maximum absolute atomic E-state index is 12.3. The van der Waals surface area contributed by atoms with Crippen LogP contribution in [0.25, 0.3) is 0 Å². The monoisotopic (exact) mass is 379 g/mol. The van der Waals surface area contributed by atoms with Crippen molar-refractivity contribution in [2.24, 2.45) is 0 Å². The Morgan fingerprint density at radius 3 is 2.70 bits per heavy atom. The number of anilines is 2. The highest BCUT2D eigenvalue weighted by Crippen LogP contribution is 2.24. The van der Waals surface area contributed by atoms with E-state index in [-0.39, 0.29) is 17.4 Å². The first kappa shape index (κ1) is 18.7. The summed E-state index contributed by atoms with van der Waals surface area (Å²) in [5.41, 5.74) is 1.36. The largest absolute Gasteiger partial charge is 0.468 e. The van der Waals surface area contributed by atoms with Crippen molar-refractivity contribution >= 4 is 23.2 Å². The summed E-state index contributed by atoms with van der Waals surface area (Å²) in [6, 6.07) is 9.39. The summed E-state index contributed by atoms with van der Waals surface area (Å²) in [6.07, 6.45) is -2.02. The average molecular weight is 379 g/mol. The molecule has 1 fully saturated rings. The predicted octanol–water partition coefficient (Wildman–Crippen LogP) is 3.40. The van der Waals surface area contributed by atoms with Crippen LogP contribution in [-0.2, 0) is 4.79 Å². The minimum atomic E-state index is -4.46. The molecule has 2 heterocycles. The minimum Gasteiger partial charge on any atom is -0.468 e. The Bertz CT molecular complexity index is 838. The first-order valence-electron chi connectivity index (χ1n) is 8.19. The van der Waals surface area contributed by atoms with E-state index in [0.29, 0.717) is 24.3 Å². The summed E-state index contributed by atoms with van der Waals surface area (Å²) in [5, 5.41) is 2.67. The van der Waals surface area contributed by atoms with Gasteiger partial charge in [-0.2, -0.15) is 13.2 Å². The highest BCUT2D eigenvalue weighted by molar-refractivity contribution is 6.04. The van der Waals surface area contributed by atoms with Crippen molar-refractivity contribution in [1.29, 1.82) is 0 Å². The highest BCUT2D eigenvalue weighted by Gasteiger charge is 2.28. The lowest BCUT2D eigenvalue weighted by Crippen LogP contribution is -2.23. The Labute approximate surface area is 152 Å². The Morgan fingerprint density at radius 1 is 1.26 bits per heavy atom. The molecule has 6 nitrogen and oxygen atoms in total. The Hall–Kier alpha value is -3.10. The molecule has 0 spiro atoms. The van der Waals surface area contributed by atoms with Crippen molar-refractivity contribution in [3.05, 3.63) is 48.2 Å². The predicted molar refractivity (Wildman–Crippen MR) is 91.8 cm³/mol. The van der Waals surface area contributed by atoms with E-state index in [0.717, 1.165) is 12.6 Å². The van der Waals surface area contributed by atoms with Gasteiger partial charge in [0, 0.05) is 36.6 Å². The van der Waals surface area contributed by atoms with Crippen LogP contribution in [-0.4, -0.2) is 36.1 Å². The van der Waals surface area contributed by atoms with E-state index in [4.69, 9.17) is 0 Å². The fraction of sp³-hybridized carbons (Fsp3) is 0.278. The molecule has 27 heavy (non-hydrogen) atoms. The zero-order chi connectivity index (χ0) is 19.4. The Morgan fingerprint density at radius 2 is 2.07 bits per heavy atom. The molecule has 142 valence electrons. The zero-order valence-electron chi connectivity index (χ0n) is 14.1. The Balaban J connectivity index is 1.64. The second-order valence-electron chi connectivity index (χ2n) is 5.94. The molecule has 1 aliphatic heterocycles. The average Bonchev–Trinajstić information content (AvgIpc) is 3.06. The smallest absolute Gasteiger partial charge is 0.422 e. The van der Waals surface area contributed by atoms with E-state index in [1.54, 1.807) is 29.2 Å². The van der Waals surface area contributed by atoms with Crippen LogP contribution in [0.1, 0.15) is 23.2 Å². The lowest BCUT2D eigenvalue weighted by Gasteiger charge is -2.16. The number of alkyl halides is 3. The number of ether oxygens (including phenoxy) is 1. The molecular formula is C18H16F3N3O3. The van der Waals surface area contributed by atoms with Crippen LogP contribution in [0.15, 0.2) is 42.6 Å². The lowest BCUT2D eigenvalue weighted by atomic mass is 10.2. The zero-order valence-corrected chi connectivity index (χ0v) is 14.1. The third-order valence-corrected chi connectivity index (χ3v) is 3.87. The van der Waals surface area contributed by atoms with Crippen LogP contribution in [0.5, 0.6) is 5.88 Å². The van der Waals surface area contributed by atoms with Crippen LogP contribution in [0, 0.1) is 0 Å². The molecule has 0 atom stereocenters. The molecule has 3 rings (SSSR count). The molecule has 0 saturated carbocycles. The molecule has 0 radical (unpaired) electrons. The second kappa shape index (κ2) is 7.65. The van der Waals surface area contributed by atoms with E-state index in [1.807, 2.05) is 0 Å². The van der Waals surface area contributed by atoms with Crippen molar-refractivity contribution in [1.82, 2.24) is 4.98 Å². The van der Waals surface area contributed by atoms with Crippen molar-refractivity contribution in [3.8, 4) is 5.88 Å². The van der Waals surface area contributed by atoms with Gasteiger partial charge in [-0.05, 0) is 30.7 Å². The third kappa shape index (κ3) is 4.96. The molecule has 1 aliphatic rings. The van der Waals surface area contributed by atoms with Gasteiger partial charge in [0.2, 0.25) is 11.8 Å². The standard InChI is InChI=1S/C18H16F3N3O3/c19-18(20,21)11-27-15-7-6-12(10-22-15)17(26)23-13-3-1-4-14(9-13)24-8-2-5-16(24)25/h1,3-4,6-7,9-10H,2,5,8,11H2,(H,23,26). The van der Waals surface area contributed by atoms with Gasteiger partial charge >= 0.3 is 6.18 Å². The van der Waals surface area contributed by atoms with Crippen LogP contribution in [0.4, 0.5) is 24.5 Å². The molecular weight excluding hydrogens is 363 g/mol. The Kier molecular flexibility index (Phi) is 5.29. The molecule has 0 unspecified atom stereocenters. The van der Waals surface area contributed by atoms with Crippen molar-refractivity contribution < 1.29 is 27.5 Å². The molecule has 1 aromatic heterocycles. The number of pyridine rings is 1. The van der Waals surface area contributed by atoms with Gasteiger partial charge in [-0.1, -0.05) is 6.07 Å². The fourth-order valence-electron chi connectivity index (χ4n) is 2.63. The van der Waals surface area contributed by atoms with E-state index < -0.39 is 18.7 Å². The maximum Gasteiger partial charge on any atom is 0.422 e. The van der Waals surface area contributed by atoms with Gasteiger partial charge in [0.05, 0.1) is 5.56 Å². The molecule has 2 aromatic rings.